The molecule has 1 saturated carbocycles. The number of aliphatic hydroxyl groups is 1. The molecule has 1 aliphatic carbocycles. The van der Waals surface area contributed by atoms with Crippen LogP contribution in [0.5, 0.6) is 0 Å². The number of carbonyl (C=O) groups is 2. The second-order valence-electron chi connectivity index (χ2n) is 5.39. The molecule has 3 atom stereocenters. The molecule has 114 valence electrons. The molecular weight excluding hydrogens is 292 g/mol. The van der Waals surface area contributed by atoms with Gasteiger partial charge < -0.3 is 16.2 Å². The molecule has 2 amide bonds. The Labute approximate surface area is 128 Å². The number of benzene rings is 1. The van der Waals surface area contributed by atoms with Gasteiger partial charge in [-0.25, -0.2) is 0 Å². The third-order valence-electron chi connectivity index (χ3n) is 3.86. The number of hydrogen-bond acceptors (Lipinski definition) is 3. The molecule has 0 spiro atoms. The second kappa shape index (κ2) is 6.91. The number of halogens is 1. The number of hydrogen-bond donors (Lipinski definition) is 3. The fourth-order valence-electron chi connectivity index (χ4n) is 2.72. The van der Waals surface area contributed by atoms with Gasteiger partial charge in [0.2, 0.25) is 11.8 Å². The van der Waals surface area contributed by atoms with Crippen molar-refractivity contribution in [2.45, 2.75) is 37.8 Å². The number of amides is 2. The van der Waals surface area contributed by atoms with Crippen molar-refractivity contribution in [2.75, 3.05) is 0 Å². The van der Waals surface area contributed by atoms with Crippen molar-refractivity contribution in [3.63, 3.8) is 0 Å². The summed E-state index contributed by atoms with van der Waals surface area (Å²) in [7, 11) is 0. The van der Waals surface area contributed by atoms with E-state index in [-0.39, 0.29) is 30.2 Å². The van der Waals surface area contributed by atoms with Crippen LogP contribution in [0.1, 0.15) is 37.4 Å². The van der Waals surface area contributed by atoms with E-state index >= 15 is 0 Å². The van der Waals surface area contributed by atoms with Gasteiger partial charge in [-0.1, -0.05) is 30.2 Å². The molecule has 0 aliphatic heterocycles. The van der Waals surface area contributed by atoms with Crippen LogP contribution in [0.4, 0.5) is 0 Å². The van der Waals surface area contributed by atoms with Crippen molar-refractivity contribution in [1.82, 2.24) is 5.32 Å². The van der Waals surface area contributed by atoms with Gasteiger partial charge in [-0.3, -0.25) is 9.59 Å². The Bertz CT molecular complexity index is 518. The first-order valence-corrected chi connectivity index (χ1v) is 7.37. The summed E-state index contributed by atoms with van der Waals surface area (Å²) in [5, 5.41) is 13.4. The quantitative estimate of drug-likeness (QED) is 0.770. The molecule has 6 heteroatoms. The minimum atomic E-state index is -0.893. The average molecular weight is 311 g/mol. The molecule has 1 aromatic carbocycles. The van der Waals surface area contributed by atoms with Crippen molar-refractivity contribution in [3.05, 3.63) is 34.9 Å². The van der Waals surface area contributed by atoms with E-state index in [0.29, 0.717) is 17.0 Å². The summed E-state index contributed by atoms with van der Waals surface area (Å²) < 4.78 is 0. The maximum Gasteiger partial charge on any atom is 0.223 e. The largest absolute Gasteiger partial charge is 0.388 e. The van der Waals surface area contributed by atoms with E-state index in [4.69, 9.17) is 17.3 Å². The van der Waals surface area contributed by atoms with Crippen molar-refractivity contribution < 1.29 is 14.7 Å². The molecule has 0 radical (unpaired) electrons. The molecule has 5 nitrogen and oxygen atoms in total. The summed E-state index contributed by atoms with van der Waals surface area (Å²) in [5.41, 5.74) is 5.95. The number of nitrogens with two attached hydrogens (primary N) is 1. The lowest BCUT2D eigenvalue weighted by atomic mass is 10.0. The van der Waals surface area contributed by atoms with Crippen molar-refractivity contribution >= 4 is 23.4 Å². The lowest BCUT2D eigenvalue weighted by Crippen LogP contribution is -2.42. The lowest BCUT2D eigenvalue weighted by Gasteiger charge is -2.19. The molecule has 0 heterocycles. The second-order valence-corrected chi connectivity index (χ2v) is 5.82. The van der Waals surface area contributed by atoms with Gasteiger partial charge >= 0.3 is 0 Å². The Hall–Kier alpha value is -1.59. The van der Waals surface area contributed by atoms with Crippen LogP contribution < -0.4 is 11.1 Å². The number of nitrogens with one attached hydrogen (secondary N) is 1. The van der Waals surface area contributed by atoms with Crippen LogP contribution in [0.3, 0.4) is 0 Å². The van der Waals surface area contributed by atoms with Crippen molar-refractivity contribution in [1.29, 1.82) is 0 Å². The summed E-state index contributed by atoms with van der Waals surface area (Å²) in [6.45, 7) is 0. The summed E-state index contributed by atoms with van der Waals surface area (Å²) >= 11 is 5.78. The third kappa shape index (κ3) is 4.19. The number of rotatable bonds is 5. The Balaban J connectivity index is 1.89. The zero-order chi connectivity index (χ0) is 15.4. The van der Waals surface area contributed by atoms with E-state index in [9.17, 15) is 14.7 Å². The van der Waals surface area contributed by atoms with Crippen molar-refractivity contribution in [3.8, 4) is 0 Å². The lowest BCUT2D eigenvalue weighted by molar-refractivity contribution is -0.125. The van der Waals surface area contributed by atoms with E-state index in [0.717, 1.165) is 12.8 Å². The smallest absolute Gasteiger partial charge is 0.223 e. The van der Waals surface area contributed by atoms with E-state index < -0.39 is 6.10 Å². The zero-order valence-corrected chi connectivity index (χ0v) is 12.3. The van der Waals surface area contributed by atoms with Crippen LogP contribution >= 0.6 is 11.6 Å². The molecule has 1 aromatic rings. The minimum absolute atomic E-state index is 0.0520. The number of aliphatic hydroxyl groups excluding tert-OH is 1. The topological polar surface area (TPSA) is 92.4 Å². The first-order chi connectivity index (χ1) is 9.97. The van der Waals surface area contributed by atoms with Gasteiger partial charge in [0, 0.05) is 11.1 Å². The van der Waals surface area contributed by atoms with Gasteiger partial charge in [0.1, 0.15) is 0 Å². The monoisotopic (exact) mass is 310 g/mol. The first-order valence-electron chi connectivity index (χ1n) is 6.99. The van der Waals surface area contributed by atoms with Crippen LogP contribution in [0, 0.1) is 5.92 Å². The molecule has 0 saturated heterocycles. The molecule has 21 heavy (non-hydrogen) atoms. The number of carbonyl (C=O) groups excluding carboxylic acids is 2. The molecule has 1 fully saturated rings. The molecule has 1 aliphatic rings. The molecule has 2 rings (SSSR count). The highest BCUT2D eigenvalue weighted by atomic mass is 35.5. The maximum atomic E-state index is 12.0. The van der Waals surface area contributed by atoms with E-state index in [2.05, 4.69) is 5.32 Å². The van der Waals surface area contributed by atoms with Crippen LogP contribution in [-0.2, 0) is 9.59 Å². The minimum Gasteiger partial charge on any atom is -0.388 e. The van der Waals surface area contributed by atoms with Crippen LogP contribution in [0.25, 0.3) is 0 Å². The highest BCUT2D eigenvalue weighted by Gasteiger charge is 2.32. The SMILES string of the molecule is NC(=O)[C@@H]1CCC[C@@H]1NC(=O)C[C@H](O)c1ccc(Cl)cc1. The van der Waals surface area contributed by atoms with Crippen LogP contribution in [-0.4, -0.2) is 23.0 Å². The Kier molecular flexibility index (Phi) is 5.20. The first kappa shape index (κ1) is 15.8. The highest BCUT2D eigenvalue weighted by molar-refractivity contribution is 6.30. The van der Waals surface area contributed by atoms with E-state index in [1.54, 1.807) is 24.3 Å². The molecule has 0 aromatic heterocycles. The summed E-state index contributed by atoms with van der Waals surface area (Å²) in [5.74, 6) is -0.965. The molecular formula is C15H19ClN2O3. The fraction of sp³-hybridized carbons (Fsp3) is 0.467. The maximum absolute atomic E-state index is 12.0. The van der Waals surface area contributed by atoms with Gasteiger partial charge in [0.05, 0.1) is 18.4 Å². The molecule has 0 unspecified atom stereocenters. The van der Waals surface area contributed by atoms with E-state index in [1.165, 1.54) is 0 Å². The predicted octanol–water partition coefficient (Wildman–Crippen LogP) is 1.53. The highest BCUT2D eigenvalue weighted by Crippen LogP contribution is 2.26. The van der Waals surface area contributed by atoms with Crippen LogP contribution in [0.2, 0.25) is 5.02 Å². The average Bonchev–Trinajstić information content (AvgIpc) is 2.87. The Morgan fingerprint density at radius 1 is 1.33 bits per heavy atom. The normalized spacial score (nSPS) is 22.8. The van der Waals surface area contributed by atoms with Gasteiger partial charge in [0.15, 0.2) is 0 Å². The zero-order valence-electron chi connectivity index (χ0n) is 11.6. The third-order valence-corrected chi connectivity index (χ3v) is 4.11. The van der Waals surface area contributed by atoms with Gasteiger partial charge in [-0.05, 0) is 30.5 Å². The summed E-state index contributed by atoms with van der Waals surface area (Å²) in [6, 6.07) is 6.48. The van der Waals surface area contributed by atoms with Gasteiger partial charge in [-0.2, -0.15) is 0 Å². The van der Waals surface area contributed by atoms with Gasteiger partial charge in [-0.15, -0.1) is 0 Å². The number of primary amides is 1. The van der Waals surface area contributed by atoms with Gasteiger partial charge in [0.25, 0.3) is 0 Å². The fourth-order valence-corrected chi connectivity index (χ4v) is 2.84. The molecule has 0 bridgehead atoms. The Morgan fingerprint density at radius 3 is 2.62 bits per heavy atom. The van der Waals surface area contributed by atoms with Crippen molar-refractivity contribution in [2.24, 2.45) is 11.7 Å². The predicted molar refractivity (Wildman–Crippen MR) is 79.5 cm³/mol. The van der Waals surface area contributed by atoms with E-state index in [1.807, 2.05) is 0 Å². The summed E-state index contributed by atoms with van der Waals surface area (Å²) in [4.78, 5) is 23.2. The standard InChI is InChI=1S/C15H19ClN2O3/c16-10-6-4-9(5-7-10)13(19)8-14(20)18-12-3-1-2-11(12)15(17)21/h4-7,11-13,19H,1-3,8H2,(H2,17,21)(H,18,20)/t11-,12+,13+/m1/s1. The van der Waals surface area contributed by atoms with Crippen LogP contribution in [0.15, 0.2) is 24.3 Å². The Morgan fingerprint density at radius 2 is 2.00 bits per heavy atom. The molecule has 4 N–H and O–H groups in total. The summed E-state index contributed by atoms with van der Waals surface area (Å²) in [6.07, 6.45) is 1.38.